The maximum atomic E-state index is 2.62. The molecule has 2 fully saturated rings. The summed E-state index contributed by atoms with van der Waals surface area (Å²) in [6.45, 7) is 4.64. The van der Waals surface area contributed by atoms with E-state index in [4.69, 9.17) is 0 Å². The fourth-order valence-electron chi connectivity index (χ4n) is 8.41. The number of hydrogen-bond donors (Lipinski definition) is 0. The molecule has 2 nitrogen and oxygen atoms in total. The number of rotatable bonds is 1. The van der Waals surface area contributed by atoms with Crippen LogP contribution < -0.4 is 4.90 Å². The lowest BCUT2D eigenvalue weighted by atomic mass is 9.50. The molecule has 2 heteroatoms. The van der Waals surface area contributed by atoms with Crippen molar-refractivity contribution in [3.05, 3.63) is 77.6 Å². The van der Waals surface area contributed by atoms with Gasteiger partial charge in [0.15, 0.2) is 0 Å². The molecule has 1 heterocycles. The molecule has 3 aromatic carbocycles. The largest absolute Gasteiger partial charge is 0.359 e. The van der Waals surface area contributed by atoms with E-state index in [0.29, 0.717) is 17.0 Å². The number of nitrogens with zero attached hydrogens (tertiary/aromatic N) is 2. The number of anilines is 1. The molecule has 3 aliphatic carbocycles. The Hall–Kier alpha value is -2.74. The molecule has 0 radical (unpaired) electrons. The predicted octanol–water partition coefficient (Wildman–Crippen LogP) is 8.02. The molecular weight excluding hydrogens is 412 g/mol. The van der Waals surface area contributed by atoms with Gasteiger partial charge in [-0.25, -0.2) is 0 Å². The van der Waals surface area contributed by atoms with Crippen molar-refractivity contribution < 1.29 is 0 Å². The van der Waals surface area contributed by atoms with Gasteiger partial charge in [-0.05, 0) is 84.2 Å². The standard InChI is InChI=1S/C32H36N2/c1-22-20-28-26(21-29(22)34-19-18-33(3)23(34)2)30-25-11-5-4-10-24(25)12-13-27(30)31(14-6-7-15-31)32(28)16-8-9-17-32/h4-5,10-13,18-21,23H,6-9,14-17H2,1-3H3/t23-/m0/s1. The summed E-state index contributed by atoms with van der Waals surface area (Å²) >= 11 is 0. The first-order chi connectivity index (χ1) is 16.6. The number of fused-ring (bicyclic) bond motifs is 8. The Labute approximate surface area is 204 Å². The van der Waals surface area contributed by atoms with E-state index in [2.05, 4.69) is 91.6 Å². The van der Waals surface area contributed by atoms with Crippen molar-refractivity contribution in [2.24, 2.45) is 0 Å². The zero-order valence-electron chi connectivity index (χ0n) is 20.9. The molecule has 0 N–H and O–H groups in total. The molecule has 1 atom stereocenters. The van der Waals surface area contributed by atoms with Crippen molar-refractivity contribution >= 4 is 16.5 Å². The monoisotopic (exact) mass is 448 g/mol. The Kier molecular flexibility index (Phi) is 4.33. The highest BCUT2D eigenvalue weighted by molar-refractivity contribution is 6.02. The van der Waals surface area contributed by atoms with E-state index >= 15 is 0 Å². The summed E-state index contributed by atoms with van der Waals surface area (Å²) in [6, 6.07) is 19.2. The van der Waals surface area contributed by atoms with Gasteiger partial charge in [0, 0.05) is 36.0 Å². The van der Waals surface area contributed by atoms with Gasteiger partial charge in [-0.1, -0.05) is 68.1 Å². The first-order valence-electron chi connectivity index (χ1n) is 13.4. The molecular formula is C32H36N2. The van der Waals surface area contributed by atoms with Gasteiger partial charge in [0.25, 0.3) is 0 Å². The molecule has 4 aliphatic rings. The highest BCUT2D eigenvalue weighted by Crippen LogP contribution is 2.67. The summed E-state index contributed by atoms with van der Waals surface area (Å²) in [5.41, 5.74) is 9.79. The van der Waals surface area contributed by atoms with Gasteiger partial charge in [-0.3, -0.25) is 0 Å². The van der Waals surface area contributed by atoms with Gasteiger partial charge in [0.1, 0.15) is 6.17 Å². The van der Waals surface area contributed by atoms with Crippen molar-refractivity contribution in [3.8, 4) is 11.1 Å². The van der Waals surface area contributed by atoms with Crippen LogP contribution in [0.3, 0.4) is 0 Å². The summed E-state index contributed by atoms with van der Waals surface area (Å²) in [7, 11) is 2.18. The molecule has 0 unspecified atom stereocenters. The zero-order valence-corrected chi connectivity index (χ0v) is 20.9. The molecule has 1 aliphatic heterocycles. The van der Waals surface area contributed by atoms with Crippen LogP contribution in [0.4, 0.5) is 5.69 Å². The molecule has 0 bridgehead atoms. The molecule has 34 heavy (non-hydrogen) atoms. The number of benzene rings is 3. The number of aryl methyl sites for hydroxylation is 1. The Morgan fingerprint density at radius 3 is 2.15 bits per heavy atom. The summed E-state index contributed by atoms with van der Waals surface area (Å²) in [5, 5.41) is 2.82. The fraction of sp³-hybridized carbons (Fsp3) is 0.438. The van der Waals surface area contributed by atoms with Crippen LogP contribution in [0.25, 0.3) is 21.9 Å². The van der Waals surface area contributed by atoms with Gasteiger partial charge in [0.05, 0.1) is 0 Å². The summed E-state index contributed by atoms with van der Waals surface area (Å²) < 4.78 is 0. The quantitative estimate of drug-likeness (QED) is 0.372. The third kappa shape index (κ3) is 2.47. The van der Waals surface area contributed by atoms with Crippen molar-refractivity contribution in [1.82, 2.24) is 4.90 Å². The molecule has 0 aromatic heterocycles. The van der Waals surface area contributed by atoms with Crippen LogP contribution in [0.1, 0.15) is 75.0 Å². The molecule has 0 amide bonds. The lowest BCUT2D eigenvalue weighted by molar-refractivity contribution is 0.213. The van der Waals surface area contributed by atoms with Gasteiger partial charge < -0.3 is 9.80 Å². The topological polar surface area (TPSA) is 6.48 Å². The van der Waals surface area contributed by atoms with E-state index < -0.39 is 0 Å². The smallest absolute Gasteiger partial charge is 0.102 e. The van der Waals surface area contributed by atoms with Crippen molar-refractivity contribution in [1.29, 1.82) is 0 Å². The van der Waals surface area contributed by atoms with Crippen LogP contribution in [-0.4, -0.2) is 18.1 Å². The minimum absolute atomic E-state index is 0.306. The highest BCUT2D eigenvalue weighted by atomic mass is 15.4. The second kappa shape index (κ2) is 7.13. The Morgan fingerprint density at radius 2 is 1.47 bits per heavy atom. The van der Waals surface area contributed by atoms with Gasteiger partial charge in [-0.15, -0.1) is 0 Å². The van der Waals surface area contributed by atoms with Crippen molar-refractivity contribution in [3.63, 3.8) is 0 Å². The average Bonchev–Trinajstić information content (AvgIpc) is 3.60. The average molecular weight is 449 g/mol. The van der Waals surface area contributed by atoms with E-state index in [9.17, 15) is 0 Å². The van der Waals surface area contributed by atoms with E-state index in [-0.39, 0.29) is 0 Å². The minimum Gasteiger partial charge on any atom is -0.359 e. The molecule has 2 spiro atoms. The van der Waals surface area contributed by atoms with E-state index in [1.807, 2.05) is 0 Å². The third-order valence-electron chi connectivity index (χ3n) is 10.1. The van der Waals surface area contributed by atoms with Crippen molar-refractivity contribution in [2.75, 3.05) is 11.9 Å². The first kappa shape index (κ1) is 20.6. The lowest BCUT2D eigenvalue weighted by Gasteiger charge is -2.53. The molecule has 7 rings (SSSR count). The summed E-state index contributed by atoms with van der Waals surface area (Å²) in [5.74, 6) is 0. The van der Waals surface area contributed by atoms with Crippen LogP contribution in [0.15, 0.2) is 60.9 Å². The molecule has 0 saturated heterocycles. The molecule has 2 saturated carbocycles. The second-order valence-electron chi connectivity index (χ2n) is 11.5. The van der Waals surface area contributed by atoms with E-state index in [0.717, 1.165) is 0 Å². The maximum absolute atomic E-state index is 2.62. The van der Waals surface area contributed by atoms with E-state index in [1.165, 1.54) is 84.5 Å². The van der Waals surface area contributed by atoms with Crippen LogP contribution in [-0.2, 0) is 10.8 Å². The summed E-state index contributed by atoms with van der Waals surface area (Å²) in [4.78, 5) is 4.76. The van der Waals surface area contributed by atoms with E-state index in [1.54, 1.807) is 11.1 Å². The number of hydrogen-bond acceptors (Lipinski definition) is 2. The normalized spacial score (nSPS) is 23.9. The van der Waals surface area contributed by atoms with Crippen LogP contribution >= 0.6 is 0 Å². The molecule has 174 valence electrons. The SMILES string of the molecule is Cc1cc2c(cc1N1C=CN(C)[C@@H]1C)-c1c(ccc3ccccc13)C1(CCCC1)C21CCCC1. The van der Waals surface area contributed by atoms with Crippen molar-refractivity contribution in [2.45, 2.75) is 82.2 Å². The first-order valence-corrected chi connectivity index (χ1v) is 13.4. The lowest BCUT2D eigenvalue weighted by Crippen LogP contribution is -2.48. The second-order valence-corrected chi connectivity index (χ2v) is 11.5. The Balaban J connectivity index is 1.58. The van der Waals surface area contributed by atoms with Gasteiger partial charge in [0.2, 0.25) is 0 Å². The Bertz CT molecular complexity index is 1320. The Morgan fingerprint density at radius 1 is 0.794 bits per heavy atom. The van der Waals surface area contributed by atoms with Crippen LogP contribution in [0, 0.1) is 6.92 Å². The van der Waals surface area contributed by atoms with Gasteiger partial charge >= 0.3 is 0 Å². The van der Waals surface area contributed by atoms with Crippen LogP contribution in [0.2, 0.25) is 0 Å². The predicted molar refractivity (Wildman–Crippen MR) is 143 cm³/mol. The zero-order chi connectivity index (χ0) is 23.1. The van der Waals surface area contributed by atoms with Crippen LogP contribution in [0.5, 0.6) is 0 Å². The minimum atomic E-state index is 0.306. The van der Waals surface area contributed by atoms with Gasteiger partial charge in [-0.2, -0.15) is 0 Å². The summed E-state index contributed by atoms with van der Waals surface area (Å²) in [6.07, 6.45) is 15.7. The highest BCUT2D eigenvalue weighted by Gasteiger charge is 2.59. The maximum Gasteiger partial charge on any atom is 0.102 e. The molecule has 3 aromatic rings. The fourth-order valence-corrected chi connectivity index (χ4v) is 8.41. The third-order valence-corrected chi connectivity index (χ3v) is 10.1.